The Bertz CT molecular complexity index is 914. The average Bonchev–Trinajstić information content (AvgIpc) is 3.11. The van der Waals surface area contributed by atoms with Gasteiger partial charge in [-0.1, -0.05) is 29.8 Å². The Morgan fingerprint density at radius 2 is 1.85 bits per heavy atom. The van der Waals surface area contributed by atoms with E-state index in [0.29, 0.717) is 5.11 Å². The lowest BCUT2D eigenvalue weighted by molar-refractivity contribution is 0.415. The predicted octanol–water partition coefficient (Wildman–Crippen LogP) is 4.17. The topological polar surface area (TPSA) is 50.6 Å². The molecule has 0 unspecified atom stereocenters. The minimum absolute atomic E-state index is 0.424. The molecule has 0 spiro atoms. The lowest BCUT2D eigenvalue weighted by Crippen LogP contribution is -2.24. The molecule has 0 saturated carbocycles. The third kappa shape index (κ3) is 5.43. The summed E-state index contributed by atoms with van der Waals surface area (Å²) in [5.41, 5.74) is 7.21. The van der Waals surface area contributed by atoms with E-state index in [9.17, 15) is 0 Å². The molecule has 0 bridgehead atoms. The van der Waals surface area contributed by atoms with Crippen LogP contribution in [0.5, 0.6) is 5.75 Å². The van der Waals surface area contributed by atoms with Gasteiger partial charge in [-0.25, -0.2) is 0 Å². The Labute approximate surface area is 164 Å². The van der Waals surface area contributed by atoms with Crippen LogP contribution < -0.4 is 15.5 Å². The summed E-state index contributed by atoms with van der Waals surface area (Å²) in [5.74, 6) is 0.798. The molecule has 0 radical (unpaired) electrons. The summed E-state index contributed by atoms with van der Waals surface area (Å²) >= 11 is 5.27. The SMILES string of the molecule is COc1ccc(NC(=S)N/N=C/c2cccn2Cc2ccc(C)cc2)cc1. The van der Waals surface area contributed by atoms with Crippen LogP contribution in [-0.2, 0) is 6.54 Å². The highest BCUT2D eigenvalue weighted by Crippen LogP contribution is 2.14. The number of aryl methyl sites for hydroxylation is 1. The van der Waals surface area contributed by atoms with Gasteiger partial charge in [-0.15, -0.1) is 0 Å². The molecule has 1 aromatic heterocycles. The van der Waals surface area contributed by atoms with Crippen LogP contribution in [0.1, 0.15) is 16.8 Å². The van der Waals surface area contributed by atoms with Crippen LogP contribution in [0.4, 0.5) is 5.69 Å². The molecule has 6 heteroatoms. The van der Waals surface area contributed by atoms with Gasteiger partial charge < -0.3 is 14.6 Å². The molecule has 138 valence electrons. The average molecular weight is 379 g/mol. The van der Waals surface area contributed by atoms with Crippen molar-refractivity contribution in [1.82, 2.24) is 9.99 Å². The van der Waals surface area contributed by atoms with Crippen molar-refractivity contribution in [2.75, 3.05) is 12.4 Å². The number of thiocarbonyl (C=S) groups is 1. The fourth-order valence-corrected chi connectivity index (χ4v) is 2.74. The van der Waals surface area contributed by atoms with Gasteiger partial charge in [0.1, 0.15) is 5.75 Å². The Balaban J connectivity index is 1.55. The second-order valence-electron chi connectivity index (χ2n) is 6.10. The molecule has 2 N–H and O–H groups in total. The minimum Gasteiger partial charge on any atom is -0.497 e. The maximum atomic E-state index is 5.27. The first-order chi connectivity index (χ1) is 13.1. The summed E-state index contributed by atoms with van der Waals surface area (Å²) in [7, 11) is 1.64. The molecule has 5 nitrogen and oxygen atoms in total. The monoisotopic (exact) mass is 378 g/mol. The molecule has 0 saturated heterocycles. The number of hydrazone groups is 1. The lowest BCUT2D eigenvalue weighted by Gasteiger charge is -2.08. The van der Waals surface area contributed by atoms with Crippen molar-refractivity contribution >= 4 is 29.2 Å². The predicted molar refractivity (Wildman–Crippen MR) is 115 cm³/mol. The van der Waals surface area contributed by atoms with E-state index in [0.717, 1.165) is 23.7 Å². The maximum absolute atomic E-state index is 5.27. The number of rotatable bonds is 6. The van der Waals surface area contributed by atoms with Crippen molar-refractivity contribution in [1.29, 1.82) is 0 Å². The first kappa shape index (κ1) is 18.7. The second-order valence-corrected chi connectivity index (χ2v) is 6.51. The van der Waals surface area contributed by atoms with E-state index in [1.54, 1.807) is 13.3 Å². The Kier molecular flexibility index (Phi) is 6.22. The molecule has 2 aromatic carbocycles. The smallest absolute Gasteiger partial charge is 0.191 e. The van der Waals surface area contributed by atoms with Crippen LogP contribution in [0.2, 0.25) is 0 Å². The molecule has 3 rings (SSSR count). The van der Waals surface area contributed by atoms with Gasteiger partial charge in [-0.05, 0) is 61.1 Å². The molecular formula is C21H22N4OS. The van der Waals surface area contributed by atoms with Gasteiger partial charge in [0.05, 0.1) is 19.0 Å². The number of ether oxygens (including phenoxy) is 1. The molecule has 0 aliphatic rings. The van der Waals surface area contributed by atoms with Crippen LogP contribution >= 0.6 is 12.2 Å². The van der Waals surface area contributed by atoms with Gasteiger partial charge in [0.15, 0.2) is 5.11 Å². The van der Waals surface area contributed by atoms with Crippen LogP contribution in [-0.4, -0.2) is 23.0 Å². The minimum atomic E-state index is 0.424. The van der Waals surface area contributed by atoms with Crippen LogP contribution in [0.15, 0.2) is 72.0 Å². The summed E-state index contributed by atoms with van der Waals surface area (Å²) in [4.78, 5) is 0. The van der Waals surface area contributed by atoms with Crippen LogP contribution in [0, 0.1) is 6.92 Å². The standard InChI is InChI=1S/C21H22N4OS/c1-16-5-7-17(8-6-16)15-25-13-3-4-19(25)14-22-24-21(27)23-18-9-11-20(26-2)12-10-18/h3-14H,15H2,1-2H3,(H2,23,24,27)/b22-14+. The van der Waals surface area contributed by atoms with Crippen LogP contribution in [0.25, 0.3) is 0 Å². The molecule has 0 amide bonds. The first-order valence-corrected chi connectivity index (χ1v) is 8.99. The number of anilines is 1. The number of nitrogens with one attached hydrogen (secondary N) is 2. The van der Waals surface area contributed by atoms with E-state index in [4.69, 9.17) is 17.0 Å². The first-order valence-electron chi connectivity index (χ1n) is 8.59. The number of hydrogen-bond acceptors (Lipinski definition) is 3. The molecule has 0 aliphatic carbocycles. The molecule has 1 heterocycles. The van der Waals surface area contributed by atoms with Crippen molar-refractivity contribution in [2.24, 2.45) is 5.10 Å². The molecule has 27 heavy (non-hydrogen) atoms. The van der Waals surface area contributed by atoms with Gasteiger partial charge in [-0.3, -0.25) is 5.43 Å². The third-order valence-electron chi connectivity index (χ3n) is 4.05. The zero-order valence-electron chi connectivity index (χ0n) is 15.3. The van der Waals surface area contributed by atoms with Crippen molar-refractivity contribution in [3.63, 3.8) is 0 Å². The zero-order chi connectivity index (χ0) is 19.1. The highest BCUT2D eigenvalue weighted by Gasteiger charge is 2.01. The summed E-state index contributed by atoms with van der Waals surface area (Å²) in [6.07, 6.45) is 3.80. The highest BCUT2D eigenvalue weighted by atomic mass is 32.1. The fourth-order valence-electron chi connectivity index (χ4n) is 2.57. The largest absolute Gasteiger partial charge is 0.497 e. The fraction of sp³-hybridized carbons (Fsp3) is 0.143. The normalized spacial score (nSPS) is 10.7. The van der Waals surface area contributed by atoms with E-state index in [-0.39, 0.29) is 0 Å². The third-order valence-corrected chi connectivity index (χ3v) is 4.24. The van der Waals surface area contributed by atoms with E-state index in [1.165, 1.54) is 11.1 Å². The van der Waals surface area contributed by atoms with Crippen molar-refractivity contribution in [3.05, 3.63) is 83.7 Å². The van der Waals surface area contributed by atoms with Crippen molar-refractivity contribution in [2.45, 2.75) is 13.5 Å². The van der Waals surface area contributed by atoms with Gasteiger partial charge >= 0.3 is 0 Å². The summed E-state index contributed by atoms with van der Waals surface area (Å²) in [5, 5.41) is 7.74. The Morgan fingerprint density at radius 1 is 1.11 bits per heavy atom. The molecular weight excluding hydrogens is 356 g/mol. The van der Waals surface area contributed by atoms with E-state index in [2.05, 4.69) is 51.6 Å². The van der Waals surface area contributed by atoms with Crippen LogP contribution in [0.3, 0.4) is 0 Å². The zero-order valence-corrected chi connectivity index (χ0v) is 16.2. The number of benzene rings is 2. The quantitative estimate of drug-likeness (QED) is 0.384. The summed E-state index contributed by atoms with van der Waals surface area (Å²) in [6.45, 7) is 2.88. The van der Waals surface area contributed by atoms with E-state index < -0.39 is 0 Å². The van der Waals surface area contributed by atoms with Crippen molar-refractivity contribution < 1.29 is 4.74 Å². The van der Waals surface area contributed by atoms with Gasteiger partial charge in [-0.2, -0.15) is 5.10 Å². The van der Waals surface area contributed by atoms with E-state index >= 15 is 0 Å². The molecule has 3 aromatic rings. The van der Waals surface area contributed by atoms with Gasteiger partial charge in [0.25, 0.3) is 0 Å². The second kappa shape index (κ2) is 9.00. The van der Waals surface area contributed by atoms with Gasteiger partial charge in [0.2, 0.25) is 0 Å². The number of hydrogen-bond donors (Lipinski definition) is 2. The molecule has 0 fully saturated rings. The van der Waals surface area contributed by atoms with E-state index in [1.807, 2.05) is 42.6 Å². The van der Waals surface area contributed by atoms with Gasteiger partial charge in [0, 0.05) is 18.4 Å². The lowest BCUT2D eigenvalue weighted by atomic mass is 10.1. The summed E-state index contributed by atoms with van der Waals surface area (Å²) in [6, 6.07) is 20.1. The Hall–Kier alpha value is -3.12. The molecule has 0 atom stereocenters. The summed E-state index contributed by atoms with van der Waals surface area (Å²) < 4.78 is 7.27. The van der Waals surface area contributed by atoms with Crippen molar-refractivity contribution in [3.8, 4) is 5.75 Å². The number of methoxy groups -OCH3 is 1. The Morgan fingerprint density at radius 3 is 2.56 bits per heavy atom. The highest BCUT2D eigenvalue weighted by molar-refractivity contribution is 7.80. The molecule has 0 aliphatic heterocycles. The number of aromatic nitrogens is 1. The maximum Gasteiger partial charge on any atom is 0.191 e. The number of nitrogens with zero attached hydrogens (tertiary/aromatic N) is 2.